The smallest absolute Gasteiger partial charge is 0.330 e. The van der Waals surface area contributed by atoms with E-state index in [4.69, 9.17) is 9.47 Å². The maximum Gasteiger partial charge on any atom is 0.330 e. The molecule has 28 heavy (non-hydrogen) atoms. The Morgan fingerprint density at radius 3 is 1.21 bits per heavy atom. The Morgan fingerprint density at radius 1 is 0.536 bits per heavy atom. The molecule has 0 aromatic carbocycles. The molecule has 0 aliphatic heterocycles. The number of rotatable bonds is 19. The first-order chi connectivity index (χ1) is 13.7. The molecule has 0 aromatic heterocycles. The monoisotopic (exact) mass is 394 g/mol. The van der Waals surface area contributed by atoms with Crippen LogP contribution in [0.15, 0.2) is 24.3 Å². The van der Waals surface area contributed by atoms with E-state index in [1.54, 1.807) is 0 Å². The summed E-state index contributed by atoms with van der Waals surface area (Å²) in [6.07, 6.45) is 22.4. The van der Waals surface area contributed by atoms with Gasteiger partial charge in [-0.05, 0) is 12.8 Å². The zero-order chi connectivity index (χ0) is 20.7. The van der Waals surface area contributed by atoms with Crippen molar-refractivity contribution in [2.24, 2.45) is 0 Å². The number of carbonyl (C=O) groups is 2. The average molecular weight is 395 g/mol. The third kappa shape index (κ3) is 20.7. The first-order valence-corrected chi connectivity index (χ1v) is 11.4. The van der Waals surface area contributed by atoms with Crippen molar-refractivity contribution in [3.63, 3.8) is 0 Å². The molecular formula is C24H42O4. The predicted octanol–water partition coefficient (Wildman–Crippen LogP) is 6.69. The zero-order valence-corrected chi connectivity index (χ0v) is 18.3. The Labute approximate surface area is 172 Å². The molecule has 0 rings (SSSR count). The lowest BCUT2D eigenvalue weighted by Gasteiger charge is -2.02. The third-order valence-corrected chi connectivity index (χ3v) is 4.56. The summed E-state index contributed by atoms with van der Waals surface area (Å²) in [5.41, 5.74) is 0. The summed E-state index contributed by atoms with van der Waals surface area (Å²) in [5, 5.41) is 0. The summed E-state index contributed by atoms with van der Waals surface area (Å²) in [6, 6.07) is 0. The fourth-order valence-electron chi connectivity index (χ4n) is 2.83. The minimum atomic E-state index is -0.368. The first kappa shape index (κ1) is 26.4. The number of esters is 2. The quantitative estimate of drug-likeness (QED) is 0.106. The molecule has 162 valence electrons. The lowest BCUT2D eigenvalue weighted by molar-refractivity contribution is -0.138. The van der Waals surface area contributed by atoms with Crippen LogP contribution >= 0.6 is 0 Å². The highest BCUT2D eigenvalue weighted by Crippen LogP contribution is 2.07. The van der Waals surface area contributed by atoms with Crippen molar-refractivity contribution in [1.82, 2.24) is 0 Å². The highest BCUT2D eigenvalue weighted by molar-refractivity contribution is 5.84. The number of carbonyl (C=O) groups excluding carboxylic acids is 2. The second-order valence-electron chi connectivity index (χ2n) is 7.30. The number of allylic oxidation sites excluding steroid dienone is 2. The van der Waals surface area contributed by atoms with E-state index in [0.29, 0.717) is 13.2 Å². The molecular weight excluding hydrogens is 352 g/mol. The molecule has 0 bridgehead atoms. The Hall–Kier alpha value is -1.58. The van der Waals surface area contributed by atoms with Crippen molar-refractivity contribution in [1.29, 1.82) is 0 Å². The third-order valence-electron chi connectivity index (χ3n) is 4.56. The van der Waals surface area contributed by atoms with Gasteiger partial charge in [-0.25, -0.2) is 9.59 Å². The van der Waals surface area contributed by atoms with Gasteiger partial charge in [-0.2, -0.15) is 0 Å². The Balaban J connectivity index is 3.53. The molecule has 0 saturated carbocycles. The normalized spacial score (nSPS) is 11.4. The van der Waals surface area contributed by atoms with Gasteiger partial charge in [0.05, 0.1) is 13.2 Å². The van der Waals surface area contributed by atoms with E-state index in [0.717, 1.165) is 25.7 Å². The van der Waals surface area contributed by atoms with Crippen LogP contribution in [0.1, 0.15) is 104 Å². The van der Waals surface area contributed by atoms with E-state index in [1.165, 1.54) is 88.5 Å². The van der Waals surface area contributed by atoms with Crippen LogP contribution in [0.4, 0.5) is 0 Å². The Kier molecular flexibility index (Phi) is 20.5. The Morgan fingerprint density at radius 2 is 0.857 bits per heavy atom. The van der Waals surface area contributed by atoms with E-state index < -0.39 is 0 Å². The highest BCUT2D eigenvalue weighted by atomic mass is 16.5. The Bertz CT molecular complexity index is 386. The fraction of sp³-hybridized carbons (Fsp3) is 0.750. The van der Waals surface area contributed by atoms with E-state index >= 15 is 0 Å². The molecule has 4 heteroatoms. The second kappa shape index (κ2) is 21.7. The molecule has 0 aliphatic carbocycles. The van der Waals surface area contributed by atoms with Gasteiger partial charge >= 0.3 is 11.9 Å². The van der Waals surface area contributed by atoms with E-state index in [-0.39, 0.29) is 11.9 Å². The number of unbranched alkanes of at least 4 members (excludes halogenated alkanes) is 12. The van der Waals surface area contributed by atoms with Gasteiger partial charge in [0, 0.05) is 12.2 Å². The topological polar surface area (TPSA) is 52.6 Å². The number of hydrogen-bond acceptors (Lipinski definition) is 4. The molecule has 4 nitrogen and oxygen atoms in total. The van der Waals surface area contributed by atoms with Crippen molar-refractivity contribution < 1.29 is 19.1 Å². The van der Waals surface area contributed by atoms with Crippen LogP contribution in [0.2, 0.25) is 0 Å². The summed E-state index contributed by atoms with van der Waals surface area (Å²) < 4.78 is 10.3. The molecule has 0 N–H and O–H groups in total. The average Bonchev–Trinajstić information content (AvgIpc) is 2.69. The molecule has 0 saturated heterocycles. The van der Waals surface area contributed by atoms with Gasteiger partial charge in [0.1, 0.15) is 0 Å². The number of hydrogen-bond donors (Lipinski definition) is 0. The first-order valence-electron chi connectivity index (χ1n) is 11.4. The van der Waals surface area contributed by atoms with Crippen molar-refractivity contribution >= 4 is 11.9 Å². The van der Waals surface area contributed by atoms with Crippen molar-refractivity contribution in [2.45, 2.75) is 104 Å². The lowest BCUT2D eigenvalue weighted by atomic mass is 10.1. The molecule has 0 aliphatic rings. The number of ether oxygens (including phenoxy) is 2. The predicted molar refractivity (Wildman–Crippen MR) is 116 cm³/mol. The second-order valence-corrected chi connectivity index (χ2v) is 7.30. The van der Waals surface area contributed by atoms with Crippen molar-refractivity contribution in [2.75, 3.05) is 13.2 Å². The molecule has 0 heterocycles. The molecule has 0 spiro atoms. The summed E-state index contributed by atoms with van der Waals surface area (Å²) >= 11 is 0. The van der Waals surface area contributed by atoms with Crippen LogP contribution in [-0.4, -0.2) is 25.2 Å². The van der Waals surface area contributed by atoms with Crippen molar-refractivity contribution in [3.05, 3.63) is 24.3 Å². The minimum Gasteiger partial charge on any atom is -0.463 e. The molecule has 0 atom stereocenters. The van der Waals surface area contributed by atoms with Crippen molar-refractivity contribution in [3.8, 4) is 0 Å². The fourth-order valence-corrected chi connectivity index (χ4v) is 2.83. The largest absolute Gasteiger partial charge is 0.463 e. The van der Waals surface area contributed by atoms with Gasteiger partial charge in [0.25, 0.3) is 0 Å². The molecule has 0 fully saturated rings. The van der Waals surface area contributed by atoms with Crippen LogP contribution in [0.3, 0.4) is 0 Å². The molecule has 0 aromatic rings. The van der Waals surface area contributed by atoms with Crippen LogP contribution in [0.5, 0.6) is 0 Å². The van der Waals surface area contributed by atoms with Gasteiger partial charge < -0.3 is 9.47 Å². The zero-order valence-electron chi connectivity index (χ0n) is 18.3. The highest BCUT2D eigenvalue weighted by Gasteiger charge is 1.98. The summed E-state index contributed by atoms with van der Waals surface area (Å²) in [7, 11) is 0. The van der Waals surface area contributed by atoms with Crippen LogP contribution < -0.4 is 0 Å². The minimum absolute atomic E-state index is 0.368. The SMILES string of the molecule is CCCCCCCCCOC(=O)C=CC=CC(=O)OCCCCCCCCC. The van der Waals surface area contributed by atoms with Gasteiger partial charge in [-0.15, -0.1) is 0 Å². The van der Waals surface area contributed by atoms with Gasteiger partial charge in [0.2, 0.25) is 0 Å². The van der Waals surface area contributed by atoms with Crippen LogP contribution in [0, 0.1) is 0 Å². The standard InChI is InChI=1S/C24H42O4/c1-3-5-7-9-11-13-17-21-27-23(25)19-15-16-20-24(26)28-22-18-14-12-10-8-6-4-2/h15-16,19-20H,3-14,17-18,21-22H2,1-2H3. The summed E-state index contributed by atoms with van der Waals surface area (Å²) in [4.78, 5) is 23.1. The molecule has 0 amide bonds. The van der Waals surface area contributed by atoms with Crippen LogP contribution in [-0.2, 0) is 19.1 Å². The van der Waals surface area contributed by atoms with Gasteiger partial charge in [0.15, 0.2) is 0 Å². The van der Waals surface area contributed by atoms with E-state index in [1.807, 2.05) is 0 Å². The van der Waals surface area contributed by atoms with Gasteiger partial charge in [-0.1, -0.05) is 103 Å². The summed E-state index contributed by atoms with van der Waals surface area (Å²) in [5.74, 6) is -0.737. The maximum atomic E-state index is 11.5. The van der Waals surface area contributed by atoms with E-state index in [9.17, 15) is 9.59 Å². The van der Waals surface area contributed by atoms with Crippen LogP contribution in [0.25, 0.3) is 0 Å². The lowest BCUT2D eigenvalue weighted by Crippen LogP contribution is -2.03. The maximum absolute atomic E-state index is 11.5. The molecule has 0 radical (unpaired) electrons. The van der Waals surface area contributed by atoms with E-state index in [2.05, 4.69) is 13.8 Å². The summed E-state index contributed by atoms with van der Waals surface area (Å²) in [6.45, 7) is 5.34. The van der Waals surface area contributed by atoms with Gasteiger partial charge in [-0.3, -0.25) is 0 Å². The molecule has 0 unspecified atom stereocenters.